The Bertz CT molecular complexity index is 2320. The topological polar surface area (TPSA) is 192 Å². The first-order chi connectivity index (χ1) is 28.2. The van der Waals surface area contributed by atoms with E-state index in [1.165, 1.54) is 47.4 Å². The van der Waals surface area contributed by atoms with Crippen molar-refractivity contribution in [3.05, 3.63) is 95.0 Å². The first kappa shape index (κ1) is 45.9. The third kappa shape index (κ3) is 10.4. The van der Waals surface area contributed by atoms with E-state index in [4.69, 9.17) is 14.6 Å². The number of hydrogen-bond donors (Lipinski definition) is 4. The van der Waals surface area contributed by atoms with Crippen molar-refractivity contribution in [3.8, 4) is 11.5 Å². The number of fused-ring (bicyclic) bond motifs is 2. The molecule has 1 fully saturated rings. The van der Waals surface area contributed by atoms with Crippen molar-refractivity contribution in [1.29, 1.82) is 0 Å². The number of halogens is 3. The van der Waals surface area contributed by atoms with Crippen LogP contribution >= 0.6 is 9.90 Å². The fourth-order valence-corrected chi connectivity index (χ4v) is 7.10. The summed E-state index contributed by atoms with van der Waals surface area (Å²) in [5.74, 6) is -2.55. The molecule has 7 rings (SSSR count). The predicted octanol–water partition coefficient (Wildman–Crippen LogP) is 5.60. The van der Waals surface area contributed by atoms with Crippen LogP contribution in [0.25, 0.3) is 10.9 Å². The van der Waals surface area contributed by atoms with Gasteiger partial charge >= 0.3 is 12.3 Å². The van der Waals surface area contributed by atoms with Crippen LogP contribution in [0.5, 0.6) is 11.5 Å². The Labute approximate surface area is 346 Å². The fraction of sp³-hybridized carbons (Fsp3) is 0.439. The van der Waals surface area contributed by atoms with Crippen LogP contribution in [0.3, 0.4) is 0 Å². The van der Waals surface area contributed by atoms with Crippen molar-refractivity contribution >= 4 is 38.4 Å². The molecule has 20 heteroatoms. The average Bonchev–Trinajstić information content (AvgIpc) is 3.59. The SMILES string of the molecule is CC(C)(COCCCCCOCc1ccc(Cn2cc(C(=O)O)cn2)nn1)c1cc2cc(NC(=O)C3(c4ccc5c(c4)OC(F)(F)O5)CC3)c(F)cc2n1CC(O)CO.P.[Rf]. The number of carbonyl (C=O) groups is 2. The van der Waals surface area contributed by atoms with Gasteiger partial charge in [-0.05, 0) is 74.1 Å². The average molecular weight is 1120 g/mol. The van der Waals surface area contributed by atoms with Gasteiger partial charge in [0.1, 0.15) is 5.82 Å². The van der Waals surface area contributed by atoms with Gasteiger partial charge in [-0.3, -0.25) is 9.48 Å². The van der Waals surface area contributed by atoms with Gasteiger partial charge in [0.05, 0.1) is 78.8 Å². The van der Waals surface area contributed by atoms with Crippen molar-refractivity contribution in [2.24, 2.45) is 0 Å². The zero-order valence-corrected chi connectivity index (χ0v) is 41.7. The first-order valence-corrected chi connectivity index (χ1v) is 19.2. The van der Waals surface area contributed by atoms with E-state index in [9.17, 15) is 28.6 Å². The number of unbranched alkanes of at least 4 members (excludes halogenated alkanes) is 2. The second kappa shape index (κ2) is 18.6. The van der Waals surface area contributed by atoms with E-state index in [0.717, 1.165) is 25.0 Å². The summed E-state index contributed by atoms with van der Waals surface area (Å²) in [4.78, 5) is 24.6. The van der Waals surface area contributed by atoms with E-state index in [0.29, 0.717) is 73.7 Å². The number of carboxylic acids is 1. The number of benzene rings is 2. The van der Waals surface area contributed by atoms with Gasteiger partial charge in [0.25, 0.3) is 0 Å². The molecule has 0 spiro atoms. The molecular formula is C41H48F3N6O9PRf. The van der Waals surface area contributed by atoms with Gasteiger partial charge in [-0.25, -0.2) is 9.18 Å². The number of hydrogen-bond acceptors (Lipinski definition) is 11. The monoisotopic (exact) mass is 1120 g/mol. The second-order valence-electron chi connectivity index (χ2n) is 15.5. The van der Waals surface area contributed by atoms with Crippen molar-refractivity contribution in [2.75, 3.05) is 31.7 Å². The summed E-state index contributed by atoms with van der Waals surface area (Å²) in [6.45, 7) is 5.34. The number of alkyl halides is 2. The Hall–Kier alpha value is -6.13. The summed E-state index contributed by atoms with van der Waals surface area (Å²) >= 11 is 0. The predicted molar refractivity (Wildman–Crippen MR) is 216 cm³/mol. The van der Waals surface area contributed by atoms with Crippen molar-refractivity contribution in [3.63, 3.8) is 0 Å². The Morgan fingerprint density at radius 2 is 1.69 bits per heavy atom. The van der Waals surface area contributed by atoms with E-state index in [-0.39, 0.29) is 39.2 Å². The van der Waals surface area contributed by atoms with Crippen molar-refractivity contribution in [1.82, 2.24) is 24.5 Å². The third-order valence-electron chi connectivity index (χ3n) is 10.4. The maximum Gasteiger partial charge on any atom is 0.586 e. The minimum atomic E-state index is -3.80. The standard InChI is InChI=1S/C41H45F3N6O9.H3P.Rf/c1-39(2,24-57-13-5-3-4-12-56-23-29-8-7-28(47-48-29)20-49-19-26(18-45-49)37(53)54)36-15-25-14-32(31(42)17-33(25)50(36)21-30(52)22-51)46-38(55)40(10-11-40)27-6-9-34-35(16-27)59-41(43,44)58-34;;/h6-9,14-19,30,51-52H,3-5,10-13,20-24H2,1-2H3,(H,46,55)(H,53,54);1H3;. The second-order valence-corrected chi connectivity index (χ2v) is 15.5. The molecule has 4 heterocycles. The molecule has 2 aliphatic rings. The molecule has 2 atom stereocenters. The van der Waals surface area contributed by atoms with Gasteiger partial charge < -0.3 is 44.2 Å². The van der Waals surface area contributed by atoms with Gasteiger partial charge in [0.15, 0.2) is 11.5 Å². The maximum absolute atomic E-state index is 15.7. The zero-order chi connectivity index (χ0) is 42.0. The summed E-state index contributed by atoms with van der Waals surface area (Å²) in [6, 6.07) is 12.5. The van der Waals surface area contributed by atoms with Crippen molar-refractivity contribution < 1.29 is 57.0 Å². The van der Waals surface area contributed by atoms with E-state index in [2.05, 4.69) is 30.1 Å². The molecule has 5 aromatic rings. The van der Waals surface area contributed by atoms with Gasteiger partial charge in [-0.15, -0.1) is 8.78 Å². The zero-order valence-electron chi connectivity index (χ0n) is 33.9. The van der Waals surface area contributed by atoms with E-state index >= 15 is 4.39 Å². The van der Waals surface area contributed by atoms with Crippen molar-refractivity contribution in [2.45, 2.75) is 88.9 Å². The Balaban J connectivity index is 0.00000352. The summed E-state index contributed by atoms with van der Waals surface area (Å²) in [7, 11) is 0. The molecule has 3 aromatic heterocycles. The van der Waals surface area contributed by atoms with Gasteiger partial charge in [0.2, 0.25) is 5.91 Å². The molecule has 1 aliphatic carbocycles. The summed E-state index contributed by atoms with van der Waals surface area (Å²) in [5.41, 5.74) is 1.34. The number of amides is 1. The van der Waals surface area contributed by atoms with Crippen LogP contribution in [0.4, 0.5) is 18.9 Å². The minimum Gasteiger partial charge on any atom is -0.478 e. The van der Waals surface area contributed by atoms with Crippen LogP contribution in [0, 0.1) is 5.82 Å². The molecule has 4 N–H and O–H groups in total. The molecule has 2 aromatic carbocycles. The maximum atomic E-state index is 15.7. The Morgan fingerprint density at radius 3 is 2.36 bits per heavy atom. The number of nitrogens with zero attached hydrogens (tertiary/aromatic N) is 5. The minimum absolute atomic E-state index is 0. The third-order valence-corrected chi connectivity index (χ3v) is 10.4. The molecule has 15 nitrogen and oxygen atoms in total. The molecule has 0 saturated heterocycles. The number of aliphatic hydroxyl groups excluding tert-OH is 2. The largest absolute Gasteiger partial charge is 0.586 e. The molecular weight excluding hydrogens is 1080 g/mol. The quantitative estimate of drug-likeness (QED) is 0.0559. The van der Waals surface area contributed by atoms with E-state index < -0.39 is 47.5 Å². The number of aromatic nitrogens is 5. The van der Waals surface area contributed by atoms with E-state index in [1.54, 1.807) is 16.7 Å². The number of aromatic carboxylic acids is 1. The Morgan fingerprint density at radius 1 is 0.984 bits per heavy atom. The molecule has 0 bridgehead atoms. The number of ether oxygens (including phenoxy) is 4. The smallest absolute Gasteiger partial charge is 0.478 e. The van der Waals surface area contributed by atoms with Gasteiger partial charge in [-0.2, -0.15) is 25.2 Å². The number of nitrogens with one attached hydrogen (secondary N) is 1. The summed E-state index contributed by atoms with van der Waals surface area (Å²) in [6.07, 6.45) is 1.11. The van der Waals surface area contributed by atoms with Crippen LogP contribution in [0.15, 0.2) is 60.9 Å². The summed E-state index contributed by atoms with van der Waals surface area (Å²) < 4.78 is 67.1. The molecule has 1 aliphatic heterocycles. The normalized spacial score (nSPS) is 15.2. The fourth-order valence-electron chi connectivity index (χ4n) is 7.10. The molecule has 324 valence electrons. The van der Waals surface area contributed by atoms with E-state index in [1.807, 2.05) is 19.9 Å². The molecule has 1 amide bonds. The van der Waals surface area contributed by atoms with Gasteiger partial charge in [0, 0.05) is 42.0 Å². The molecule has 1 saturated carbocycles. The first-order valence-electron chi connectivity index (χ1n) is 19.2. The van der Waals surface area contributed by atoms with Crippen LogP contribution in [-0.2, 0) is 44.8 Å². The number of anilines is 1. The van der Waals surface area contributed by atoms with Crippen LogP contribution in [0.2, 0.25) is 0 Å². The van der Waals surface area contributed by atoms with Crippen LogP contribution in [0.1, 0.15) is 79.0 Å². The number of carboxylic acid groups (broad SMARTS) is 1. The number of aliphatic hydroxyl groups is 2. The Kier molecular flexibility index (Phi) is 14.0. The number of carbonyl (C=O) groups excluding carboxylic acids is 1. The van der Waals surface area contributed by atoms with Crippen LogP contribution < -0.4 is 14.8 Å². The molecule has 2 unspecified atom stereocenters. The van der Waals surface area contributed by atoms with Gasteiger partial charge in [-0.1, -0.05) is 19.9 Å². The molecule has 61 heavy (non-hydrogen) atoms. The summed E-state index contributed by atoms with van der Waals surface area (Å²) in [5, 5.41) is 44.8. The number of rotatable bonds is 20. The van der Waals surface area contributed by atoms with Crippen LogP contribution in [-0.4, -0.2) is 90.6 Å². The molecule has 0 radical (unpaired) electrons.